The molecular formula is C18H25N5OS3. The topological polar surface area (TPSA) is 73.9 Å². The first-order chi connectivity index (χ1) is 12.8. The van der Waals surface area contributed by atoms with E-state index < -0.39 is 11.0 Å². The van der Waals surface area contributed by atoms with Crippen LogP contribution in [0.15, 0.2) is 17.9 Å². The quantitative estimate of drug-likeness (QED) is 0.739. The monoisotopic (exact) mass is 423 g/mol. The predicted octanol–water partition coefficient (Wildman–Crippen LogP) is 3.53. The van der Waals surface area contributed by atoms with Gasteiger partial charge in [0.2, 0.25) is 0 Å². The average molecular weight is 424 g/mol. The average Bonchev–Trinajstić information content (AvgIpc) is 3.17. The number of H-pyrrole nitrogens is 1. The van der Waals surface area contributed by atoms with Crippen LogP contribution in [0.2, 0.25) is 0 Å². The Kier molecular flexibility index (Phi) is 4.99. The summed E-state index contributed by atoms with van der Waals surface area (Å²) >= 11 is 6.78. The number of thiazole rings is 1. The molecule has 6 nitrogen and oxygen atoms in total. The van der Waals surface area contributed by atoms with Crippen LogP contribution in [0.4, 0.5) is 5.82 Å². The van der Waals surface area contributed by atoms with Gasteiger partial charge in [0.15, 0.2) is 0 Å². The van der Waals surface area contributed by atoms with Gasteiger partial charge in [0, 0.05) is 29.6 Å². The summed E-state index contributed by atoms with van der Waals surface area (Å²) in [6, 6.07) is 0.108. The molecule has 3 heterocycles. The van der Waals surface area contributed by atoms with Crippen molar-refractivity contribution in [2.75, 3.05) is 18.0 Å². The zero-order valence-electron chi connectivity index (χ0n) is 15.8. The molecule has 0 aromatic carbocycles. The Morgan fingerprint density at radius 1 is 1.37 bits per heavy atom. The minimum absolute atomic E-state index is 0.0779. The summed E-state index contributed by atoms with van der Waals surface area (Å²) in [6.45, 7) is 7.89. The Labute approximate surface area is 171 Å². The summed E-state index contributed by atoms with van der Waals surface area (Å²) in [5, 5.41) is 0. The molecule has 2 aliphatic rings. The first-order valence-electron chi connectivity index (χ1n) is 9.18. The van der Waals surface area contributed by atoms with Crippen molar-refractivity contribution in [1.82, 2.24) is 19.7 Å². The van der Waals surface area contributed by atoms with E-state index in [0.29, 0.717) is 4.64 Å². The summed E-state index contributed by atoms with van der Waals surface area (Å²) in [6.07, 6.45) is 6.59. The van der Waals surface area contributed by atoms with Gasteiger partial charge in [-0.1, -0.05) is 12.2 Å². The van der Waals surface area contributed by atoms with Crippen molar-refractivity contribution >= 4 is 40.4 Å². The SMILES string of the molecule is CC(C)(C)[S@@](=O)N[C@@H]1c2scnc2CC12CCN(c1c[nH]c(=S)cn1)CC2. The maximum Gasteiger partial charge on any atom is 0.144 e. The fourth-order valence-electron chi connectivity index (χ4n) is 3.98. The molecule has 1 spiro atoms. The number of hydrogen-bond donors (Lipinski definition) is 2. The maximum absolute atomic E-state index is 12.8. The Morgan fingerprint density at radius 3 is 2.74 bits per heavy atom. The molecule has 1 fully saturated rings. The first-order valence-corrected chi connectivity index (χ1v) is 11.6. The van der Waals surface area contributed by atoms with E-state index in [4.69, 9.17) is 12.2 Å². The Balaban J connectivity index is 1.55. The van der Waals surface area contributed by atoms with E-state index in [-0.39, 0.29) is 16.2 Å². The van der Waals surface area contributed by atoms with Crippen LogP contribution < -0.4 is 9.62 Å². The lowest BCUT2D eigenvalue weighted by Crippen LogP contribution is -2.48. The molecule has 1 aliphatic carbocycles. The van der Waals surface area contributed by atoms with Crippen LogP contribution in [0.1, 0.15) is 50.2 Å². The summed E-state index contributed by atoms with van der Waals surface area (Å²) in [5.74, 6) is 0.937. The summed E-state index contributed by atoms with van der Waals surface area (Å²) in [5.41, 5.74) is 3.17. The Morgan fingerprint density at radius 2 is 2.11 bits per heavy atom. The molecule has 2 aromatic rings. The van der Waals surface area contributed by atoms with Crippen molar-refractivity contribution in [3.8, 4) is 0 Å². The first kappa shape index (κ1) is 19.2. The van der Waals surface area contributed by atoms with Gasteiger partial charge in [-0.05, 0) is 40.0 Å². The van der Waals surface area contributed by atoms with Crippen LogP contribution in [-0.2, 0) is 17.4 Å². The Bertz CT molecular complexity index is 888. The molecule has 1 saturated heterocycles. The second-order valence-electron chi connectivity index (χ2n) is 8.39. The summed E-state index contributed by atoms with van der Waals surface area (Å²) < 4.78 is 16.7. The van der Waals surface area contributed by atoms with Crippen molar-refractivity contribution < 1.29 is 4.21 Å². The highest BCUT2D eigenvalue weighted by molar-refractivity contribution is 7.84. The number of anilines is 1. The molecule has 4 rings (SSSR count). The van der Waals surface area contributed by atoms with Crippen LogP contribution in [-0.4, -0.2) is 37.0 Å². The zero-order valence-corrected chi connectivity index (χ0v) is 18.3. The highest BCUT2D eigenvalue weighted by atomic mass is 32.2. The van der Waals surface area contributed by atoms with Crippen LogP contribution in [0.25, 0.3) is 0 Å². The fourth-order valence-corrected chi connectivity index (χ4v) is 6.10. The molecule has 0 radical (unpaired) electrons. The number of aromatic nitrogens is 3. The fraction of sp³-hybridized carbons (Fsp3) is 0.611. The van der Waals surface area contributed by atoms with E-state index in [2.05, 4.69) is 24.6 Å². The lowest BCUT2D eigenvalue weighted by molar-refractivity contribution is 0.177. The number of rotatable bonds is 3. The second kappa shape index (κ2) is 7.02. The zero-order chi connectivity index (χ0) is 19.2. The van der Waals surface area contributed by atoms with Gasteiger partial charge in [-0.15, -0.1) is 11.3 Å². The number of nitrogens with one attached hydrogen (secondary N) is 2. The molecule has 0 bridgehead atoms. The molecule has 2 aromatic heterocycles. The van der Waals surface area contributed by atoms with E-state index in [1.54, 1.807) is 17.5 Å². The number of hydrogen-bond acceptors (Lipinski definition) is 6. The van der Waals surface area contributed by atoms with Crippen molar-refractivity contribution in [1.29, 1.82) is 0 Å². The normalized spacial score (nSPS) is 22.8. The molecule has 27 heavy (non-hydrogen) atoms. The predicted molar refractivity (Wildman–Crippen MR) is 113 cm³/mol. The van der Waals surface area contributed by atoms with Crippen molar-refractivity contribution in [3.63, 3.8) is 0 Å². The van der Waals surface area contributed by atoms with E-state index in [1.165, 1.54) is 10.6 Å². The molecular weight excluding hydrogens is 398 g/mol. The molecule has 2 atom stereocenters. The van der Waals surface area contributed by atoms with Crippen LogP contribution in [0.3, 0.4) is 0 Å². The molecule has 146 valence electrons. The van der Waals surface area contributed by atoms with E-state index >= 15 is 0 Å². The van der Waals surface area contributed by atoms with Crippen molar-refractivity contribution in [2.24, 2.45) is 5.41 Å². The van der Waals surface area contributed by atoms with Gasteiger partial charge in [-0.3, -0.25) is 0 Å². The highest BCUT2D eigenvalue weighted by Crippen LogP contribution is 2.53. The smallest absolute Gasteiger partial charge is 0.144 e. The number of piperidine rings is 1. The minimum atomic E-state index is -1.11. The lowest BCUT2D eigenvalue weighted by Gasteiger charge is -2.44. The van der Waals surface area contributed by atoms with Gasteiger partial charge in [0.25, 0.3) is 0 Å². The molecule has 2 N–H and O–H groups in total. The van der Waals surface area contributed by atoms with Crippen molar-refractivity contribution in [2.45, 2.75) is 50.8 Å². The van der Waals surface area contributed by atoms with E-state index in [0.717, 1.165) is 38.2 Å². The minimum Gasteiger partial charge on any atom is -0.355 e. The second-order valence-corrected chi connectivity index (χ2v) is 11.7. The third-order valence-corrected chi connectivity index (χ3v) is 8.31. The van der Waals surface area contributed by atoms with Gasteiger partial charge in [-0.25, -0.2) is 18.9 Å². The lowest BCUT2D eigenvalue weighted by atomic mass is 9.74. The van der Waals surface area contributed by atoms with Gasteiger partial charge in [0.1, 0.15) is 10.5 Å². The third-order valence-electron chi connectivity index (χ3n) is 5.59. The molecule has 0 amide bonds. The molecule has 0 saturated carbocycles. The number of fused-ring (bicyclic) bond motifs is 1. The maximum atomic E-state index is 12.8. The summed E-state index contributed by atoms with van der Waals surface area (Å²) in [4.78, 5) is 15.7. The van der Waals surface area contributed by atoms with Crippen LogP contribution in [0, 0.1) is 10.1 Å². The molecule has 9 heteroatoms. The van der Waals surface area contributed by atoms with Gasteiger partial charge in [-0.2, -0.15) is 0 Å². The van der Waals surface area contributed by atoms with E-state index in [9.17, 15) is 4.21 Å². The van der Waals surface area contributed by atoms with Gasteiger partial charge >= 0.3 is 0 Å². The Hall–Kier alpha value is -1.16. The van der Waals surface area contributed by atoms with E-state index in [1.807, 2.05) is 32.5 Å². The standard InChI is InChI=1S/C18H25N5OS3/c1-17(2,3)27(24)22-16-15-12(21-11-26-15)8-18(16)4-6-23(7-5-18)13-9-20-14(25)10-19-13/h9-11,16,22H,4-8H2,1-3H3,(H,20,25)/t16-,27-/m1/s1. The number of nitrogens with zero attached hydrogens (tertiary/aromatic N) is 3. The largest absolute Gasteiger partial charge is 0.355 e. The molecule has 0 unspecified atom stereocenters. The van der Waals surface area contributed by atoms with Gasteiger partial charge in [0.05, 0.1) is 39.2 Å². The van der Waals surface area contributed by atoms with Crippen LogP contribution in [0.5, 0.6) is 0 Å². The van der Waals surface area contributed by atoms with Crippen molar-refractivity contribution in [3.05, 3.63) is 33.1 Å². The van der Waals surface area contributed by atoms with Crippen LogP contribution >= 0.6 is 23.6 Å². The highest BCUT2D eigenvalue weighted by Gasteiger charge is 2.50. The molecule has 1 aliphatic heterocycles. The van der Waals surface area contributed by atoms with Gasteiger partial charge < -0.3 is 9.88 Å². The number of aromatic amines is 1. The summed E-state index contributed by atoms with van der Waals surface area (Å²) in [7, 11) is -1.11. The third kappa shape index (κ3) is 3.62.